The SMILES string of the molecule is CC(C)(C)c1ccc(C(=O)Nc2cccc(-c3nc(N)nc(Cc4ccc5[nH]ncc5c4)n3)c2CO)cc1. The standard InChI is InChI=1S/C29H29N7O2/c1-29(2,3)20-10-8-18(9-11-20)27(38)32-24-6-4-5-21(22(24)16-37)26-33-25(34-28(30)35-26)14-17-7-12-23-19(13-17)15-31-36-23/h4-13,15,37H,14,16H2,1-3H3,(H,31,36)(H,32,38)(H2,30,33,34,35). The monoisotopic (exact) mass is 507 g/mol. The van der Waals surface area contributed by atoms with Crippen molar-refractivity contribution in [2.75, 3.05) is 11.1 Å². The number of aromatic nitrogens is 5. The van der Waals surface area contributed by atoms with E-state index in [1.165, 1.54) is 0 Å². The molecule has 9 heteroatoms. The zero-order chi connectivity index (χ0) is 26.9. The Balaban J connectivity index is 1.43. The number of hydrogen-bond donors (Lipinski definition) is 4. The lowest BCUT2D eigenvalue weighted by Crippen LogP contribution is -2.15. The molecular formula is C29H29N7O2. The van der Waals surface area contributed by atoms with Gasteiger partial charge in [-0.25, -0.2) is 4.98 Å². The number of nitrogens with one attached hydrogen (secondary N) is 2. The first-order chi connectivity index (χ1) is 18.2. The second-order valence-corrected chi connectivity index (χ2v) is 10.2. The number of amides is 1. The van der Waals surface area contributed by atoms with Crippen LogP contribution in [0.5, 0.6) is 0 Å². The number of nitrogens with two attached hydrogens (primary N) is 1. The summed E-state index contributed by atoms with van der Waals surface area (Å²) in [6.45, 7) is 6.04. The number of aliphatic hydroxyl groups is 1. The number of anilines is 2. The third-order valence-corrected chi connectivity index (χ3v) is 6.40. The topological polar surface area (TPSA) is 143 Å². The third kappa shape index (κ3) is 5.23. The van der Waals surface area contributed by atoms with E-state index in [0.29, 0.717) is 40.4 Å². The second kappa shape index (κ2) is 10.0. The molecule has 5 N–H and O–H groups in total. The van der Waals surface area contributed by atoms with Gasteiger partial charge in [-0.3, -0.25) is 9.89 Å². The fourth-order valence-electron chi connectivity index (χ4n) is 4.32. The number of hydrogen-bond acceptors (Lipinski definition) is 7. The van der Waals surface area contributed by atoms with E-state index in [2.05, 4.69) is 51.2 Å². The zero-order valence-corrected chi connectivity index (χ0v) is 21.5. The number of fused-ring (bicyclic) bond motifs is 1. The Kier molecular flexibility index (Phi) is 6.61. The van der Waals surface area contributed by atoms with E-state index in [9.17, 15) is 9.90 Å². The predicted molar refractivity (Wildman–Crippen MR) is 148 cm³/mol. The van der Waals surface area contributed by atoms with E-state index in [0.717, 1.165) is 22.0 Å². The molecule has 0 aliphatic heterocycles. The van der Waals surface area contributed by atoms with Gasteiger partial charge in [0.1, 0.15) is 5.82 Å². The minimum atomic E-state index is -0.327. The molecule has 0 radical (unpaired) electrons. The zero-order valence-electron chi connectivity index (χ0n) is 21.5. The Morgan fingerprint density at radius 1 is 1.03 bits per heavy atom. The molecule has 0 unspecified atom stereocenters. The molecule has 1 amide bonds. The van der Waals surface area contributed by atoms with Crippen LogP contribution < -0.4 is 11.1 Å². The van der Waals surface area contributed by atoms with E-state index in [1.807, 2.05) is 30.3 Å². The number of nitrogens with zero attached hydrogens (tertiary/aromatic N) is 4. The quantitative estimate of drug-likeness (QED) is 0.262. The molecule has 192 valence electrons. The van der Waals surface area contributed by atoms with E-state index in [4.69, 9.17) is 5.73 Å². The average Bonchev–Trinajstić information content (AvgIpc) is 3.36. The molecule has 0 spiro atoms. The van der Waals surface area contributed by atoms with Crippen LogP contribution in [-0.4, -0.2) is 36.2 Å². The fraction of sp³-hybridized carbons (Fsp3) is 0.207. The molecule has 0 aliphatic rings. The Morgan fingerprint density at radius 3 is 2.55 bits per heavy atom. The van der Waals surface area contributed by atoms with Gasteiger partial charge in [0.25, 0.3) is 5.91 Å². The molecule has 2 aromatic heterocycles. The van der Waals surface area contributed by atoms with Gasteiger partial charge in [-0.2, -0.15) is 15.1 Å². The van der Waals surface area contributed by atoms with Crippen LogP contribution in [0.25, 0.3) is 22.3 Å². The van der Waals surface area contributed by atoms with Crippen molar-refractivity contribution in [2.24, 2.45) is 0 Å². The Labute approximate surface area is 220 Å². The maximum atomic E-state index is 13.0. The summed E-state index contributed by atoms with van der Waals surface area (Å²) in [5.41, 5.74) is 11.2. The maximum absolute atomic E-state index is 13.0. The van der Waals surface area contributed by atoms with Crippen LogP contribution in [0.1, 0.15) is 53.6 Å². The summed E-state index contributed by atoms with van der Waals surface area (Å²) in [6, 6.07) is 18.8. The van der Waals surface area contributed by atoms with Crippen molar-refractivity contribution in [1.29, 1.82) is 0 Å². The highest BCUT2D eigenvalue weighted by atomic mass is 16.3. The predicted octanol–water partition coefficient (Wildman–Crippen LogP) is 4.63. The highest BCUT2D eigenvalue weighted by molar-refractivity contribution is 6.05. The number of aromatic amines is 1. The highest BCUT2D eigenvalue weighted by Crippen LogP contribution is 2.29. The van der Waals surface area contributed by atoms with Gasteiger partial charge in [0.05, 0.1) is 18.3 Å². The second-order valence-electron chi connectivity index (χ2n) is 10.2. The van der Waals surface area contributed by atoms with E-state index in [-0.39, 0.29) is 23.9 Å². The lowest BCUT2D eigenvalue weighted by atomic mass is 9.86. The summed E-state index contributed by atoms with van der Waals surface area (Å²) in [4.78, 5) is 26.3. The minimum absolute atomic E-state index is 0.00929. The van der Waals surface area contributed by atoms with Crippen LogP contribution in [0.15, 0.2) is 66.9 Å². The van der Waals surface area contributed by atoms with Crippen molar-refractivity contribution in [3.8, 4) is 11.4 Å². The number of carbonyl (C=O) groups excluding carboxylic acids is 1. The Hall–Kier alpha value is -4.63. The number of benzene rings is 3. The van der Waals surface area contributed by atoms with Crippen molar-refractivity contribution in [3.05, 3.63) is 94.9 Å². The smallest absolute Gasteiger partial charge is 0.255 e. The van der Waals surface area contributed by atoms with Gasteiger partial charge in [-0.05, 0) is 46.9 Å². The first kappa shape index (κ1) is 25.0. The summed E-state index contributed by atoms with van der Waals surface area (Å²) < 4.78 is 0. The van der Waals surface area contributed by atoms with Crippen molar-refractivity contribution >= 4 is 28.4 Å². The van der Waals surface area contributed by atoms with Crippen LogP contribution in [0, 0.1) is 0 Å². The molecule has 0 bridgehead atoms. The normalized spacial score (nSPS) is 11.6. The lowest BCUT2D eigenvalue weighted by Gasteiger charge is -2.19. The molecule has 0 fully saturated rings. The average molecular weight is 508 g/mol. The van der Waals surface area contributed by atoms with Crippen molar-refractivity contribution in [1.82, 2.24) is 25.1 Å². The summed E-state index contributed by atoms with van der Waals surface area (Å²) in [6.07, 6.45) is 2.20. The van der Waals surface area contributed by atoms with Crippen LogP contribution >= 0.6 is 0 Å². The molecule has 38 heavy (non-hydrogen) atoms. The van der Waals surface area contributed by atoms with Gasteiger partial charge in [0.15, 0.2) is 5.82 Å². The Morgan fingerprint density at radius 2 is 1.82 bits per heavy atom. The fourth-order valence-corrected chi connectivity index (χ4v) is 4.32. The van der Waals surface area contributed by atoms with E-state index < -0.39 is 0 Å². The lowest BCUT2D eigenvalue weighted by molar-refractivity contribution is 0.102. The molecular weight excluding hydrogens is 478 g/mol. The molecule has 0 saturated heterocycles. The number of H-pyrrole nitrogens is 1. The molecule has 5 rings (SSSR count). The summed E-state index contributed by atoms with van der Waals surface area (Å²) in [5.74, 6) is 0.619. The summed E-state index contributed by atoms with van der Waals surface area (Å²) in [7, 11) is 0. The van der Waals surface area contributed by atoms with Crippen LogP contribution in [-0.2, 0) is 18.4 Å². The molecule has 0 saturated carbocycles. The van der Waals surface area contributed by atoms with Gasteiger partial charge in [-0.15, -0.1) is 0 Å². The number of nitrogen functional groups attached to an aromatic ring is 1. The van der Waals surface area contributed by atoms with Gasteiger partial charge < -0.3 is 16.2 Å². The number of carbonyl (C=O) groups is 1. The molecule has 2 heterocycles. The first-order valence-corrected chi connectivity index (χ1v) is 12.3. The third-order valence-electron chi connectivity index (χ3n) is 6.40. The summed E-state index contributed by atoms with van der Waals surface area (Å²) in [5, 5.41) is 21.2. The number of rotatable bonds is 6. The van der Waals surface area contributed by atoms with Crippen molar-refractivity contribution in [2.45, 2.75) is 39.2 Å². The van der Waals surface area contributed by atoms with Crippen molar-refractivity contribution < 1.29 is 9.90 Å². The molecule has 0 aliphatic carbocycles. The molecule has 5 aromatic rings. The van der Waals surface area contributed by atoms with E-state index in [1.54, 1.807) is 36.5 Å². The van der Waals surface area contributed by atoms with Crippen LogP contribution in [0.2, 0.25) is 0 Å². The highest BCUT2D eigenvalue weighted by Gasteiger charge is 2.18. The summed E-state index contributed by atoms with van der Waals surface area (Å²) >= 11 is 0. The largest absolute Gasteiger partial charge is 0.392 e. The molecule has 0 atom stereocenters. The van der Waals surface area contributed by atoms with Gasteiger partial charge in [-0.1, -0.05) is 51.1 Å². The van der Waals surface area contributed by atoms with Crippen molar-refractivity contribution in [3.63, 3.8) is 0 Å². The van der Waals surface area contributed by atoms with Gasteiger partial charge in [0, 0.05) is 34.2 Å². The van der Waals surface area contributed by atoms with Gasteiger partial charge in [0.2, 0.25) is 5.95 Å². The van der Waals surface area contributed by atoms with E-state index >= 15 is 0 Å². The molecule has 3 aromatic carbocycles. The Bertz CT molecular complexity index is 1620. The van der Waals surface area contributed by atoms with Crippen LogP contribution in [0.4, 0.5) is 11.6 Å². The maximum Gasteiger partial charge on any atom is 0.255 e. The number of aliphatic hydroxyl groups excluding tert-OH is 1. The van der Waals surface area contributed by atoms with Crippen LogP contribution in [0.3, 0.4) is 0 Å². The molecule has 9 nitrogen and oxygen atoms in total. The minimum Gasteiger partial charge on any atom is -0.392 e. The first-order valence-electron chi connectivity index (χ1n) is 12.3. The van der Waals surface area contributed by atoms with Gasteiger partial charge >= 0.3 is 0 Å².